The van der Waals surface area contributed by atoms with E-state index in [1.54, 1.807) is 0 Å². The fourth-order valence-electron chi connectivity index (χ4n) is 2.96. The molecule has 0 saturated heterocycles. The number of hydrogen-bond acceptors (Lipinski definition) is 0. The van der Waals surface area contributed by atoms with Crippen LogP contribution < -0.4 is 9.13 Å². The van der Waals surface area contributed by atoms with Crippen LogP contribution in [0.4, 0.5) is 0 Å². The first-order chi connectivity index (χ1) is 12.2. The number of aromatic nitrogens is 4. The zero-order chi connectivity index (χ0) is 17.2. The molecule has 0 unspecified atom stereocenters. The number of aryl methyl sites for hydroxylation is 2. The van der Waals surface area contributed by atoms with Crippen LogP contribution >= 0.6 is 0 Å². The van der Waals surface area contributed by atoms with Gasteiger partial charge in [0.25, 0.3) is 0 Å². The molecular weight excluding hydrogens is 308 g/mol. The summed E-state index contributed by atoms with van der Waals surface area (Å²) < 4.78 is 7.86. The third kappa shape index (κ3) is 3.38. The molecule has 0 spiro atoms. The minimum absolute atomic E-state index is 0.891. The minimum Gasteiger partial charge on any atom is -0.326 e. The van der Waals surface area contributed by atoms with Crippen molar-refractivity contribution in [2.24, 2.45) is 14.1 Å². The molecule has 4 nitrogen and oxygen atoms in total. The van der Waals surface area contributed by atoms with Gasteiger partial charge in [0.05, 0.1) is 25.5 Å². The van der Waals surface area contributed by atoms with Gasteiger partial charge in [0, 0.05) is 24.8 Å². The number of imidazole rings is 2. The van der Waals surface area contributed by atoms with Crippen LogP contribution in [-0.2, 0) is 20.5 Å². The van der Waals surface area contributed by atoms with E-state index in [-0.39, 0.29) is 0 Å². The summed E-state index contributed by atoms with van der Waals surface area (Å²) in [6, 6.07) is 17.2. The zero-order valence-corrected chi connectivity index (χ0v) is 14.4. The predicted molar refractivity (Wildman–Crippen MR) is 94.4 cm³/mol. The molecular formula is C21H20N4. The second-order valence-corrected chi connectivity index (χ2v) is 6.27. The zero-order valence-electron chi connectivity index (χ0n) is 14.4. The van der Waals surface area contributed by atoms with E-state index in [1.807, 2.05) is 57.2 Å². The highest BCUT2D eigenvalue weighted by Crippen LogP contribution is 2.16. The van der Waals surface area contributed by atoms with E-state index in [4.69, 9.17) is 0 Å². The van der Waals surface area contributed by atoms with Crippen LogP contribution in [0.1, 0.15) is 11.1 Å². The topological polar surface area (TPSA) is 17.6 Å². The summed E-state index contributed by atoms with van der Waals surface area (Å²) in [6.45, 7) is 0. The van der Waals surface area contributed by atoms with Crippen molar-refractivity contribution in [3.63, 3.8) is 0 Å². The SMILES string of the molecule is C[n+]1[c-]n(-c2cccc(Cc3cccc(-n4[c-][n+](C)cc4)c3)c2)cc1. The van der Waals surface area contributed by atoms with Crippen LogP contribution in [-0.4, -0.2) is 9.13 Å². The van der Waals surface area contributed by atoms with Gasteiger partial charge in [0.1, 0.15) is 0 Å². The van der Waals surface area contributed by atoms with Crippen LogP contribution in [0.5, 0.6) is 0 Å². The molecule has 2 aromatic heterocycles. The van der Waals surface area contributed by atoms with Gasteiger partial charge in [-0.05, 0) is 17.5 Å². The fourth-order valence-corrected chi connectivity index (χ4v) is 2.96. The minimum atomic E-state index is 0.891. The Hall–Kier alpha value is -3.14. The van der Waals surface area contributed by atoms with Crippen molar-refractivity contribution in [3.8, 4) is 11.4 Å². The van der Waals surface area contributed by atoms with E-state index < -0.39 is 0 Å². The molecule has 4 rings (SSSR count). The molecule has 2 heterocycles. The lowest BCUT2D eigenvalue weighted by molar-refractivity contribution is -0.675. The Morgan fingerprint density at radius 3 is 1.64 bits per heavy atom. The lowest BCUT2D eigenvalue weighted by Crippen LogP contribution is -2.24. The molecule has 0 fully saturated rings. The van der Waals surface area contributed by atoms with Crippen molar-refractivity contribution in [2.45, 2.75) is 6.42 Å². The van der Waals surface area contributed by atoms with Crippen LogP contribution in [0.25, 0.3) is 11.4 Å². The Bertz CT molecular complexity index is 928. The van der Waals surface area contributed by atoms with Crippen molar-refractivity contribution in [1.82, 2.24) is 9.13 Å². The average Bonchev–Trinajstić information content (AvgIpc) is 3.24. The molecule has 0 bridgehead atoms. The lowest BCUT2D eigenvalue weighted by atomic mass is 10.0. The summed E-state index contributed by atoms with van der Waals surface area (Å²) in [5.41, 5.74) is 4.81. The summed E-state index contributed by atoms with van der Waals surface area (Å²) in [5.74, 6) is 0. The summed E-state index contributed by atoms with van der Waals surface area (Å²) in [6.07, 6.45) is 15.4. The monoisotopic (exact) mass is 328 g/mol. The van der Waals surface area contributed by atoms with Gasteiger partial charge in [0.2, 0.25) is 12.7 Å². The normalized spacial score (nSPS) is 11.0. The van der Waals surface area contributed by atoms with Crippen molar-refractivity contribution in [3.05, 3.63) is 97.1 Å². The predicted octanol–water partition coefficient (Wildman–Crippen LogP) is 2.11. The van der Waals surface area contributed by atoms with E-state index in [0.29, 0.717) is 0 Å². The standard InChI is InChI=1S/C21H20N4/c1-22-9-11-24(16-22)20-7-3-5-18(14-20)13-19-6-4-8-21(15-19)25-12-10-23(2)17-25/h3-12,14-15H,13H2,1-2H3. The third-order valence-electron chi connectivity index (χ3n) is 4.20. The highest BCUT2D eigenvalue weighted by molar-refractivity contribution is 5.41. The second kappa shape index (κ2) is 6.40. The molecule has 0 saturated carbocycles. The molecule has 0 amide bonds. The molecule has 124 valence electrons. The molecule has 0 aliphatic rings. The van der Waals surface area contributed by atoms with Crippen molar-refractivity contribution in [2.75, 3.05) is 0 Å². The van der Waals surface area contributed by atoms with Gasteiger partial charge in [-0.25, -0.2) is 0 Å². The van der Waals surface area contributed by atoms with E-state index in [0.717, 1.165) is 17.8 Å². The van der Waals surface area contributed by atoms with E-state index in [9.17, 15) is 0 Å². The van der Waals surface area contributed by atoms with E-state index in [2.05, 4.69) is 61.2 Å². The number of nitrogens with zero attached hydrogens (tertiary/aromatic N) is 4. The Balaban J connectivity index is 1.60. The maximum absolute atomic E-state index is 3.24. The van der Waals surface area contributed by atoms with Gasteiger partial charge in [-0.1, -0.05) is 48.5 Å². The van der Waals surface area contributed by atoms with Gasteiger partial charge in [-0.15, -0.1) is 0 Å². The number of rotatable bonds is 4. The van der Waals surface area contributed by atoms with E-state index in [1.165, 1.54) is 11.1 Å². The number of benzene rings is 2. The molecule has 4 heteroatoms. The molecule has 0 atom stereocenters. The lowest BCUT2D eigenvalue weighted by Gasteiger charge is -2.09. The summed E-state index contributed by atoms with van der Waals surface area (Å²) in [4.78, 5) is 0. The molecule has 0 aliphatic heterocycles. The first-order valence-electron chi connectivity index (χ1n) is 8.29. The first kappa shape index (κ1) is 15.4. The van der Waals surface area contributed by atoms with Gasteiger partial charge >= 0.3 is 0 Å². The summed E-state index contributed by atoms with van der Waals surface area (Å²) in [7, 11) is 3.95. The van der Waals surface area contributed by atoms with Gasteiger partial charge in [-0.3, -0.25) is 0 Å². The summed E-state index contributed by atoms with van der Waals surface area (Å²) >= 11 is 0. The maximum atomic E-state index is 3.24. The van der Waals surface area contributed by atoms with Crippen molar-refractivity contribution >= 4 is 0 Å². The molecule has 0 N–H and O–H groups in total. The van der Waals surface area contributed by atoms with Gasteiger partial charge in [-0.2, -0.15) is 0 Å². The highest BCUT2D eigenvalue weighted by Gasteiger charge is 2.03. The molecule has 25 heavy (non-hydrogen) atoms. The second-order valence-electron chi connectivity index (χ2n) is 6.27. The Labute approximate surface area is 147 Å². The van der Waals surface area contributed by atoms with Crippen LogP contribution in [0.15, 0.2) is 73.3 Å². The average molecular weight is 328 g/mol. The van der Waals surface area contributed by atoms with Crippen LogP contribution in [0.2, 0.25) is 0 Å². The number of hydrogen-bond donors (Lipinski definition) is 0. The molecule has 2 aromatic carbocycles. The van der Waals surface area contributed by atoms with E-state index >= 15 is 0 Å². The van der Waals surface area contributed by atoms with Crippen LogP contribution in [0, 0.1) is 12.7 Å². The first-order valence-corrected chi connectivity index (χ1v) is 8.29. The maximum Gasteiger partial charge on any atom is 0.243 e. The quantitative estimate of drug-likeness (QED) is 0.403. The smallest absolute Gasteiger partial charge is 0.243 e. The molecule has 0 aliphatic carbocycles. The third-order valence-corrected chi connectivity index (χ3v) is 4.20. The Morgan fingerprint density at radius 1 is 0.760 bits per heavy atom. The summed E-state index contributed by atoms with van der Waals surface area (Å²) in [5, 5.41) is 0. The van der Waals surface area contributed by atoms with Crippen molar-refractivity contribution < 1.29 is 9.13 Å². The Morgan fingerprint density at radius 2 is 1.24 bits per heavy atom. The highest BCUT2D eigenvalue weighted by atomic mass is 15.1. The van der Waals surface area contributed by atoms with Gasteiger partial charge < -0.3 is 18.3 Å². The fraction of sp³-hybridized carbons (Fsp3) is 0.143. The Kier molecular flexibility index (Phi) is 3.94. The van der Waals surface area contributed by atoms with Crippen LogP contribution in [0.3, 0.4) is 0 Å². The van der Waals surface area contributed by atoms with Gasteiger partial charge in [0.15, 0.2) is 0 Å². The molecule has 0 radical (unpaired) electrons. The van der Waals surface area contributed by atoms with Crippen molar-refractivity contribution in [1.29, 1.82) is 0 Å². The largest absolute Gasteiger partial charge is 0.326 e. The molecule has 4 aromatic rings.